The van der Waals surface area contributed by atoms with Crippen LogP contribution in [0.25, 0.3) is 0 Å². The molecule has 0 unspecified atom stereocenters. The summed E-state index contributed by atoms with van der Waals surface area (Å²) in [5, 5.41) is 0. The summed E-state index contributed by atoms with van der Waals surface area (Å²) in [6.07, 6.45) is 0.750. The molecule has 0 heterocycles. The lowest BCUT2D eigenvalue weighted by Crippen LogP contribution is -2.28. The molecule has 0 radical (unpaired) electrons. The van der Waals surface area contributed by atoms with Crippen molar-refractivity contribution in [2.45, 2.75) is 33.6 Å². The Hall–Kier alpha value is -2.57. The van der Waals surface area contributed by atoms with E-state index < -0.39 is 17.9 Å². The summed E-state index contributed by atoms with van der Waals surface area (Å²) in [6.45, 7) is 6.16. The highest BCUT2D eigenvalue weighted by Gasteiger charge is 2.28. The van der Waals surface area contributed by atoms with E-state index in [0.29, 0.717) is 30.9 Å². The number of rotatable bonds is 11. The van der Waals surface area contributed by atoms with Crippen LogP contribution in [-0.2, 0) is 23.8 Å². The van der Waals surface area contributed by atoms with Crippen LogP contribution < -0.4 is 4.74 Å². The van der Waals surface area contributed by atoms with E-state index in [-0.39, 0.29) is 25.6 Å². The highest BCUT2D eigenvalue weighted by Crippen LogP contribution is 2.16. The first-order valence-corrected chi connectivity index (χ1v) is 8.76. The van der Waals surface area contributed by atoms with E-state index in [1.165, 1.54) is 0 Å². The highest BCUT2D eigenvalue weighted by molar-refractivity contribution is 5.94. The number of esters is 3. The lowest BCUT2D eigenvalue weighted by atomic mass is 10.0. The predicted molar refractivity (Wildman–Crippen MR) is 93.9 cm³/mol. The molecular formula is C19H26O7. The first-order chi connectivity index (χ1) is 12.5. The zero-order valence-electron chi connectivity index (χ0n) is 15.5. The molecule has 0 saturated carbocycles. The zero-order valence-corrected chi connectivity index (χ0v) is 15.5. The van der Waals surface area contributed by atoms with Crippen LogP contribution in [0.15, 0.2) is 24.3 Å². The summed E-state index contributed by atoms with van der Waals surface area (Å²) < 4.78 is 20.3. The van der Waals surface area contributed by atoms with Crippen molar-refractivity contribution in [3.8, 4) is 5.75 Å². The Bertz CT molecular complexity index is 562. The maximum absolute atomic E-state index is 11.9. The van der Waals surface area contributed by atoms with E-state index in [1.54, 1.807) is 45.0 Å². The number of carbonyl (C=O) groups is 3. The molecule has 0 saturated heterocycles. The summed E-state index contributed by atoms with van der Waals surface area (Å²) in [5.74, 6) is -1.90. The number of ether oxygens (including phenoxy) is 4. The van der Waals surface area contributed by atoms with E-state index in [9.17, 15) is 14.4 Å². The molecule has 0 bridgehead atoms. The third kappa shape index (κ3) is 7.13. The number of carbonyl (C=O) groups excluding carboxylic acids is 3. The molecular weight excluding hydrogens is 340 g/mol. The minimum absolute atomic E-state index is 0.206. The topological polar surface area (TPSA) is 88.1 Å². The summed E-state index contributed by atoms with van der Waals surface area (Å²) in [4.78, 5) is 35.3. The Morgan fingerprint density at radius 1 is 0.846 bits per heavy atom. The van der Waals surface area contributed by atoms with Crippen molar-refractivity contribution in [2.75, 3.05) is 26.4 Å². The van der Waals surface area contributed by atoms with Gasteiger partial charge in [-0.15, -0.1) is 0 Å². The van der Waals surface area contributed by atoms with E-state index >= 15 is 0 Å². The van der Waals surface area contributed by atoms with Gasteiger partial charge >= 0.3 is 17.9 Å². The molecule has 1 aromatic rings. The van der Waals surface area contributed by atoms with Crippen LogP contribution in [0.3, 0.4) is 0 Å². The van der Waals surface area contributed by atoms with Crippen LogP contribution in [0.5, 0.6) is 5.75 Å². The van der Waals surface area contributed by atoms with Crippen LogP contribution in [0.2, 0.25) is 0 Å². The molecule has 0 N–H and O–H groups in total. The van der Waals surface area contributed by atoms with Gasteiger partial charge in [-0.1, -0.05) is 0 Å². The van der Waals surface area contributed by atoms with Crippen LogP contribution in [-0.4, -0.2) is 44.3 Å². The van der Waals surface area contributed by atoms with E-state index in [4.69, 9.17) is 18.9 Å². The van der Waals surface area contributed by atoms with Gasteiger partial charge in [0.15, 0.2) is 5.92 Å². The van der Waals surface area contributed by atoms with E-state index in [1.807, 2.05) is 0 Å². The molecule has 7 nitrogen and oxygen atoms in total. The average Bonchev–Trinajstić information content (AvgIpc) is 2.62. The van der Waals surface area contributed by atoms with Crippen molar-refractivity contribution in [3.63, 3.8) is 0 Å². The second-order valence-electron chi connectivity index (χ2n) is 5.29. The van der Waals surface area contributed by atoms with Crippen LogP contribution in [0.4, 0.5) is 0 Å². The fourth-order valence-electron chi connectivity index (χ4n) is 2.20. The number of hydrogen-bond donors (Lipinski definition) is 0. The van der Waals surface area contributed by atoms with Gasteiger partial charge in [-0.25, -0.2) is 4.79 Å². The Morgan fingerprint density at radius 2 is 1.38 bits per heavy atom. The zero-order chi connectivity index (χ0) is 19.4. The van der Waals surface area contributed by atoms with Gasteiger partial charge in [0.1, 0.15) is 5.75 Å². The molecule has 0 aliphatic rings. The first kappa shape index (κ1) is 21.5. The Balaban J connectivity index is 2.48. The third-order valence-corrected chi connectivity index (χ3v) is 3.41. The molecule has 0 fully saturated rings. The summed E-state index contributed by atoms with van der Waals surface area (Å²) >= 11 is 0. The fraction of sp³-hybridized carbons (Fsp3) is 0.526. The van der Waals surface area contributed by atoms with Crippen LogP contribution in [0, 0.1) is 5.92 Å². The van der Waals surface area contributed by atoms with Crippen LogP contribution in [0.1, 0.15) is 44.0 Å². The van der Waals surface area contributed by atoms with Crippen molar-refractivity contribution >= 4 is 17.9 Å². The van der Waals surface area contributed by atoms with Gasteiger partial charge in [0.05, 0.1) is 32.0 Å². The van der Waals surface area contributed by atoms with Crippen molar-refractivity contribution < 1.29 is 33.3 Å². The quantitative estimate of drug-likeness (QED) is 0.257. The van der Waals surface area contributed by atoms with Gasteiger partial charge < -0.3 is 18.9 Å². The summed E-state index contributed by atoms with van der Waals surface area (Å²) in [7, 11) is 0. The normalized spacial score (nSPS) is 10.3. The molecule has 1 rings (SSSR count). The monoisotopic (exact) mass is 366 g/mol. The summed E-state index contributed by atoms with van der Waals surface area (Å²) in [6, 6.07) is 6.57. The maximum atomic E-state index is 11.9. The summed E-state index contributed by atoms with van der Waals surface area (Å²) in [5.41, 5.74) is 0.448. The molecule has 0 amide bonds. The van der Waals surface area contributed by atoms with Crippen molar-refractivity contribution in [3.05, 3.63) is 29.8 Å². The molecule has 26 heavy (non-hydrogen) atoms. The van der Waals surface area contributed by atoms with Gasteiger partial charge in [-0.3, -0.25) is 9.59 Å². The molecule has 7 heteroatoms. The molecule has 144 valence electrons. The number of benzene rings is 1. The average molecular weight is 366 g/mol. The SMILES string of the molecule is CCOC(=O)c1ccc(OCCCC(C(=O)OCC)C(=O)OCC)cc1. The van der Waals surface area contributed by atoms with Gasteiger partial charge in [0.2, 0.25) is 0 Å². The van der Waals surface area contributed by atoms with Crippen molar-refractivity contribution in [1.29, 1.82) is 0 Å². The first-order valence-electron chi connectivity index (χ1n) is 8.76. The molecule has 0 aliphatic heterocycles. The Kier molecular flexibility index (Phi) is 9.82. The standard InChI is InChI=1S/C19H26O7/c1-4-23-17(20)14-9-11-15(12-10-14)26-13-7-8-16(18(21)24-5-2)19(22)25-6-3/h9-12,16H,4-8,13H2,1-3H3. The smallest absolute Gasteiger partial charge is 0.338 e. The van der Waals surface area contributed by atoms with Gasteiger partial charge in [-0.2, -0.15) is 0 Å². The van der Waals surface area contributed by atoms with E-state index in [0.717, 1.165) is 0 Å². The Labute approximate surface area is 153 Å². The largest absolute Gasteiger partial charge is 0.494 e. The lowest BCUT2D eigenvalue weighted by molar-refractivity contribution is -0.162. The Morgan fingerprint density at radius 3 is 1.88 bits per heavy atom. The molecule has 0 aliphatic carbocycles. The molecule has 0 spiro atoms. The maximum Gasteiger partial charge on any atom is 0.338 e. The van der Waals surface area contributed by atoms with Crippen molar-refractivity contribution in [1.82, 2.24) is 0 Å². The van der Waals surface area contributed by atoms with Gasteiger partial charge in [0.25, 0.3) is 0 Å². The minimum atomic E-state index is -0.940. The molecule has 1 aromatic carbocycles. The second-order valence-corrected chi connectivity index (χ2v) is 5.29. The number of hydrogen-bond acceptors (Lipinski definition) is 7. The molecule has 0 atom stereocenters. The van der Waals surface area contributed by atoms with Gasteiger partial charge in [0, 0.05) is 0 Å². The minimum Gasteiger partial charge on any atom is -0.494 e. The highest BCUT2D eigenvalue weighted by atomic mass is 16.6. The molecule has 0 aromatic heterocycles. The predicted octanol–water partition coefficient (Wildman–Crippen LogP) is 2.76. The van der Waals surface area contributed by atoms with Gasteiger partial charge in [-0.05, 0) is 57.9 Å². The lowest BCUT2D eigenvalue weighted by Gasteiger charge is -2.14. The fourth-order valence-corrected chi connectivity index (χ4v) is 2.20. The van der Waals surface area contributed by atoms with Crippen LogP contribution >= 0.6 is 0 Å². The van der Waals surface area contributed by atoms with E-state index in [2.05, 4.69) is 0 Å². The third-order valence-electron chi connectivity index (χ3n) is 3.41. The van der Waals surface area contributed by atoms with Crippen molar-refractivity contribution in [2.24, 2.45) is 5.92 Å². The second kappa shape index (κ2) is 11.9.